The molecule has 0 aliphatic carbocycles. The Hall–Kier alpha value is -1.27. The molecule has 3 nitrogen and oxygen atoms in total. The summed E-state index contributed by atoms with van der Waals surface area (Å²) in [6.07, 6.45) is -4.56. The Kier molecular flexibility index (Phi) is 5.94. The lowest BCUT2D eigenvalue weighted by atomic mass is 10.2. The smallest absolute Gasteiger partial charge is 0.492 e. The molecular weight excluding hydrogens is 247 g/mol. The third kappa shape index (κ3) is 7.13. The summed E-state index contributed by atoms with van der Waals surface area (Å²) in [5.74, 6) is 0.753. The van der Waals surface area contributed by atoms with Gasteiger partial charge >= 0.3 is 6.36 Å². The SMILES string of the molecule is Cc1cccc(OCCNCCOC(F)(F)F)c1. The number of aryl methyl sites for hydroxylation is 1. The maximum atomic E-state index is 11.6. The summed E-state index contributed by atoms with van der Waals surface area (Å²) in [5.41, 5.74) is 1.10. The zero-order valence-corrected chi connectivity index (χ0v) is 10.1. The van der Waals surface area contributed by atoms with Gasteiger partial charge in [-0.15, -0.1) is 13.2 Å². The summed E-state index contributed by atoms with van der Waals surface area (Å²) in [6, 6.07) is 7.57. The predicted molar refractivity (Wildman–Crippen MR) is 61.6 cm³/mol. The Labute approximate surface area is 104 Å². The van der Waals surface area contributed by atoms with Gasteiger partial charge in [-0.1, -0.05) is 12.1 Å². The summed E-state index contributed by atoms with van der Waals surface area (Å²) in [7, 11) is 0. The predicted octanol–water partition coefficient (Wildman–Crippen LogP) is 2.50. The highest BCUT2D eigenvalue weighted by Crippen LogP contribution is 2.15. The van der Waals surface area contributed by atoms with E-state index < -0.39 is 13.0 Å². The maximum absolute atomic E-state index is 11.6. The summed E-state index contributed by atoms with van der Waals surface area (Å²) >= 11 is 0. The van der Waals surface area contributed by atoms with E-state index >= 15 is 0 Å². The zero-order chi connectivity index (χ0) is 13.4. The third-order valence-electron chi connectivity index (χ3n) is 2.08. The number of alkyl halides is 3. The van der Waals surface area contributed by atoms with Crippen LogP contribution in [-0.4, -0.2) is 32.7 Å². The zero-order valence-electron chi connectivity index (χ0n) is 10.1. The van der Waals surface area contributed by atoms with E-state index in [1.54, 1.807) is 0 Å². The van der Waals surface area contributed by atoms with Crippen molar-refractivity contribution >= 4 is 0 Å². The Balaban J connectivity index is 2.02. The molecule has 0 aliphatic heterocycles. The Morgan fingerprint density at radius 2 is 1.89 bits per heavy atom. The molecule has 0 aromatic heterocycles. The van der Waals surface area contributed by atoms with Crippen molar-refractivity contribution < 1.29 is 22.6 Å². The van der Waals surface area contributed by atoms with Crippen LogP contribution in [-0.2, 0) is 4.74 Å². The molecule has 102 valence electrons. The van der Waals surface area contributed by atoms with Crippen LogP contribution in [0, 0.1) is 6.92 Å². The third-order valence-corrected chi connectivity index (χ3v) is 2.08. The molecule has 0 atom stereocenters. The van der Waals surface area contributed by atoms with Gasteiger partial charge in [0, 0.05) is 13.1 Å². The Bertz CT molecular complexity index is 355. The molecule has 0 saturated carbocycles. The quantitative estimate of drug-likeness (QED) is 0.767. The summed E-state index contributed by atoms with van der Waals surface area (Å²) in [6.45, 7) is 2.56. The van der Waals surface area contributed by atoms with E-state index in [0.29, 0.717) is 13.2 Å². The molecule has 0 aliphatic rings. The largest absolute Gasteiger partial charge is 0.522 e. The fourth-order valence-corrected chi connectivity index (χ4v) is 1.31. The fourth-order valence-electron chi connectivity index (χ4n) is 1.31. The van der Waals surface area contributed by atoms with Gasteiger partial charge in [0.05, 0.1) is 6.61 Å². The van der Waals surface area contributed by atoms with E-state index in [-0.39, 0.29) is 6.54 Å². The highest BCUT2D eigenvalue weighted by atomic mass is 19.4. The van der Waals surface area contributed by atoms with Crippen molar-refractivity contribution in [3.63, 3.8) is 0 Å². The van der Waals surface area contributed by atoms with Gasteiger partial charge < -0.3 is 10.1 Å². The minimum absolute atomic E-state index is 0.136. The fraction of sp³-hybridized carbons (Fsp3) is 0.500. The number of rotatable bonds is 7. The second-order valence-electron chi connectivity index (χ2n) is 3.71. The van der Waals surface area contributed by atoms with Gasteiger partial charge in [-0.05, 0) is 24.6 Å². The first-order valence-corrected chi connectivity index (χ1v) is 5.58. The first-order chi connectivity index (χ1) is 8.47. The normalized spacial score (nSPS) is 11.6. The number of benzene rings is 1. The van der Waals surface area contributed by atoms with E-state index in [4.69, 9.17) is 4.74 Å². The van der Waals surface area contributed by atoms with Gasteiger partial charge in [0.2, 0.25) is 0 Å². The van der Waals surface area contributed by atoms with Crippen LogP contribution >= 0.6 is 0 Å². The molecule has 0 bridgehead atoms. The van der Waals surface area contributed by atoms with Crippen molar-refractivity contribution in [3.05, 3.63) is 29.8 Å². The van der Waals surface area contributed by atoms with Crippen molar-refractivity contribution in [3.8, 4) is 5.75 Å². The molecule has 0 fully saturated rings. The van der Waals surface area contributed by atoms with Crippen molar-refractivity contribution in [2.75, 3.05) is 26.3 Å². The molecule has 18 heavy (non-hydrogen) atoms. The van der Waals surface area contributed by atoms with E-state index in [0.717, 1.165) is 11.3 Å². The van der Waals surface area contributed by atoms with Gasteiger partial charge in [-0.3, -0.25) is 4.74 Å². The van der Waals surface area contributed by atoms with Gasteiger partial charge in [0.15, 0.2) is 0 Å². The van der Waals surface area contributed by atoms with Crippen LogP contribution < -0.4 is 10.1 Å². The Morgan fingerprint density at radius 1 is 1.17 bits per heavy atom. The molecule has 0 unspecified atom stereocenters. The van der Waals surface area contributed by atoms with Crippen molar-refractivity contribution in [1.82, 2.24) is 5.32 Å². The van der Waals surface area contributed by atoms with Crippen molar-refractivity contribution in [2.45, 2.75) is 13.3 Å². The highest BCUT2D eigenvalue weighted by Gasteiger charge is 2.28. The van der Waals surface area contributed by atoms with Crippen molar-refractivity contribution in [2.24, 2.45) is 0 Å². The standard InChI is InChI=1S/C12H16F3NO2/c1-10-3-2-4-11(9-10)17-7-5-16-6-8-18-12(13,14)15/h2-4,9,16H,5-8H2,1H3. The molecule has 0 radical (unpaired) electrons. The molecule has 1 aromatic rings. The minimum atomic E-state index is -4.56. The number of hydrogen-bond donors (Lipinski definition) is 1. The van der Waals surface area contributed by atoms with Gasteiger partial charge in [-0.2, -0.15) is 0 Å². The average molecular weight is 263 g/mol. The first-order valence-electron chi connectivity index (χ1n) is 5.58. The van der Waals surface area contributed by atoms with Gasteiger partial charge in [-0.25, -0.2) is 0 Å². The van der Waals surface area contributed by atoms with E-state index in [9.17, 15) is 13.2 Å². The monoisotopic (exact) mass is 263 g/mol. The van der Waals surface area contributed by atoms with Gasteiger partial charge in [0.1, 0.15) is 12.4 Å². The molecule has 0 amide bonds. The number of nitrogens with one attached hydrogen (secondary N) is 1. The van der Waals surface area contributed by atoms with Crippen LogP contribution in [0.25, 0.3) is 0 Å². The lowest BCUT2D eigenvalue weighted by Crippen LogP contribution is -2.27. The lowest BCUT2D eigenvalue weighted by molar-refractivity contribution is -0.323. The van der Waals surface area contributed by atoms with Crippen LogP contribution in [0.15, 0.2) is 24.3 Å². The lowest BCUT2D eigenvalue weighted by Gasteiger charge is -2.09. The maximum Gasteiger partial charge on any atom is 0.522 e. The molecular formula is C12H16F3NO2. The number of halogens is 3. The summed E-state index contributed by atoms with van der Waals surface area (Å²) < 4.78 is 43.9. The van der Waals surface area contributed by atoms with Crippen LogP contribution in [0.3, 0.4) is 0 Å². The minimum Gasteiger partial charge on any atom is -0.492 e. The van der Waals surface area contributed by atoms with Crippen LogP contribution in [0.2, 0.25) is 0 Å². The molecule has 0 saturated heterocycles. The highest BCUT2D eigenvalue weighted by molar-refractivity contribution is 5.27. The Morgan fingerprint density at radius 3 is 2.56 bits per heavy atom. The molecule has 0 heterocycles. The summed E-state index contributed by atoms with van der Waals surface area (Å²) in [4.78, 5) is 0. The molecule has 0 spiro atoms. The van der Waals surface area contributed by atoms with Crippen LogP contribution in [0.1, 0.15) is 5.56 Å². The summed E-state index contributed by atoms with van der Waals surface area (Å²) in [5, 5.41) is 2.79. The number of hydrogen-bond acceptors (Lipinski definition) is 3. The second-order valence-corrected chi connectivity index (χ2v) is 3.71. The molecule has 1 aromatic carbocycles. The first kappa shape index (κ1) is 14.8. The molecule has 1 N–H and O–H groups in total. The van der Waals surface area contributed by atoms with E-state index in [2.05, 4.69) is 10.1 Å². The van der Waals surface area contributed by atoms with Crippen molar-refractivity contribution in [1.29, 1.82) is 0 Å². The molecule has 1 rings (SSSR count). The number of ether oxygens (including phenoxy) is 2. The van der Waals surface area contributed by atoms with Gasteiger partial charge in [0.25, 0.3) is 0 Å². The molecule has 6 heteroatoms. The second kappa shape index (κ2) is 7.23. The van der Waals surface area contributed by atoms with E-state index in [1.807, 2.05) is 31.2 Å². The van der Waals surface area contributed by atoms with Crippen LogP contribution in [0.4, 0.5) is 13.2 Å². The average Bonchev–Trinajstić information content (AvgIpc) is 2.26. The topological polar surface area (TPSA) is 30.5 Å². The van der Waals surface area contributed by atoms with Crippen LogP contribution in [0.5, 0.6) is 5.75 Å². The van der Waals surface area contributed by atoms with E-state index in [1.165, 1.54) is 0 Å².